The van der Waals surface area contributed by atoms with Gasteiger partial charge in [-0.3, -0.25) is 4.79 Å². The van der Waals surface area contributed by atoms with Crippen LogP contribution in [0.2, 0.25) is 0 Å². The molecule has 0 atom stereocenters. The lowest BCUT2D eigenvalue weighted by Gasteiger charge is -1.89. The molecule has 0 aliphatic carbocycles. The van der Waals surface area contributed by atoms with Gasteiger partial charge in [-0.2, -0.15) is 14.8 Å². The lowest BCUT2D eigenvalue weighted by molar-refractivity contribution is 0.826. The maximum atomic E-state index is 11.3. The second kappa shape index (κ2) is 2.74. The van der Waals surface area contributed by atoms with E-state index < -0.39 is 0 Å². The molecule has 8 heteroatoms. The fraction of sp³-hybridized carbons (Fsp3) is 0. The normalized spacial score (nSPS) is 10.9. The van der Waals surface area contributed by atoms with Gasteiger partial charge in [0.15, 0.2) is 11.2 Å². The SMILES string of the molecule is O=c1[nH]cnc2nc(-n3cncn3)[nH]c12. The van der Waals surface area contributed by atoms with Crippen molar-refractivity contribution in [3.05, 3.63) is 29.3 Å². The van der Waals surface area contributed by atoms with Gasteiger partial charge in [0, 0.05) is 0 Å². The van der Waals surface area contributed by atoms with Crippen molar-refractivity contribution in [2.75, 3.05) is 0 Å². The Hall–Kier alpha value is -2.51. The smallest absolute Gasteiger partial charge is 0.276 e. The molecule has 2 N–H and O–H groups in total. The summed E-state index contributed by atoms with van der Waals surface area (Å²) in [7, 11) is 0. The summed E-state index contributed by atoms with van der Waals surface area (Å²) in [5, 5.41) is 3.88. The number of imidazole rings is 1. The molecule has 3 rings (SSSR count). The summed E-state index contributed by atoms with van der Waals surface area (Å²) in [6, 6.07) is 0. The number of hydrogen-bond donors (Lipinski definition) is 2. The van der Waals surface area contributed by atoms with Crippen molar-refractivity contribution in [3.63, 3.8) is 0 Å². The molecule has 74 valence electrons. The summed E-state index contributed by atoms with van der Waals surface area (Å²) in [4.78, 5) is 28.4. The van der Waals surface area contributed by atoms with E-state index in [1.807, 2.05) is 0 Å². The van der Waals surface area contributed by atoms with Gasteiger partial charge in [-0.15, -0.1) is 0 Å². The zero-order chi connectivity index (χ0) is 10.3. The summed E-state index contributed by atoms with van der Waals surface area (Å²) in [5.74, 6) is 0.409. The van der Waals surface area contributed by atoms with E-state index in [0.29, 0.717) is 17.1 Å². The van der Waals surface area contributed by atoms with E-state index in [1.165, 1.54) is 23.7 Å². The Morgan fingerprint density at radius 1 is 1.40 bits per heavy atom. The first-order chi connectivity index (χ1) is 7.34. The molecule has 0 spiro atoms. The Morgan fingerprint density at radius 3 is 3.07 bits per heavy atom. The molecule has 3 aromatic rings. The van der Waals surface area contributed by atoms with Crippen molar-refractivity contribution in [1.82, 2.24) is 34.7 Å². The second-order valence-electron chi connectivity index (χ2n) is 2.83. The quantitative estimate of drug-likeness (QED) is 0.540. The Balaban J connectivity index is 2.32. The van der Waals surface area contributed by atoms with E-state index in [0.717, 1.165) is 0 Å². The van der Waals surface area contributed by atoms with Gasteiger partial charge < -0.3 is 9.97 Å². The third-order valence-electron chi connectivity index (χ3n) is 1.92. The second-order valence-corrected chi connectivity index (χ2v) is 2.83. The molecule has 3 aromatic heterocycles. The highest BCUT2D eigenvalue weighted by Gasteiger charge is 2.07. The Bertz CT molecular complexity index is 649. The number of nitrogens with zero attached hydrogens (tertiary/aromatic N) is 5. The summed E-state index contributed by atoms with van der Waals surface area (Å²) in [6.45, 7) is 0. The fourth-order valence-electron chi connectivity index (χ4n) is 1.25. The monoisotopic (exact) mass is 203 g/mol. The number of hydrogen-bond acceptors (Lipinski definition) is 5. The van der Waals surface area contributed by atoms with Gasteiger partial charge >= 0.3 is 0 Å². The van der Waals surface area contributed by atoms with Gasteiger partial charge in [0.25, 0.3) is 5.56 Å². The first kappa shape index (κ1) is 7.85. The molecule has 0 aromatic carbocycles. The average Bonchev–Trinajstić information content (AvgIpc) is 2.86. The van der Waals surface area contributed by atoms with Crippen molar-refractivity contribution < 1.29 is 0 Å². The lowest BCUT2D eigenvalue weighted by atomic mass is 10.6. The minimum absolute atomic E-state index is 0.265. The third-order valence-corrected chi connectivity index (χ3v) is 1.92. The third kappa shape index (κ3) is 1.11. The Labute approximate surface area is 82.0 Å². The van der Waals surface area contributed by atoms with E-state index in [1.54, 1.807) is 0 Å². The maximum Gasteiger partial charge on any atom is 0.276 e. The van der Waals surface area contributed by atoms with Crippen LogP contribution in [0, 0.1) is 0 Å². The van der Waals surface area contributed by atoms with Crippen molar-refractivity contribution >= 4 is 11.2 Å². The highest BCUT2D eigenvalue weighted by atomic mass is 16.1. The van der Waals surface area contributed by atoms with Crippen LogP contribution >= 0.6 is 0 Å². The predicted molar refractivity (Wildman–Crippen MR) is 49.4 cm³/mol. The van der Waals surface area contributed by atoms with Crippen molar-refractivity contribution in [1.29, 1.82) is 0 Å². The summed E-state index contributed by atoms with van der Waals surface area (Å²) >= 11 is 0. The molecule has 0 saturated carbocycles. The van der Waals surface area contributed by atoms with Crippen LogP contribution < -0.4 is 5.56 Å². The number of fused-ring (bicyclic) bond motifs is 1. The van der Waals surface area contributed by atoms with Crippen molar-refractivity contribution in [3.8, 4) is 5.95 Å². The molecular weight excluding hydrogens is 198 g/mol. The molecule has 15 heavy (non-hydrogen) atoms. The minimum atomic E-state index is -0.265. The van der Waals surface area contributed by atoms with E-state index in [2.05, 4.69) is 30.0 Å². The van der Waals surface area contributed by atoms with Gasteiger partial charge in [-0.25, -0.2) is 9.97 Å². The van der Waals surface area contributed by atoms with E-state index in [9.17, 15) is 4.79 Å². The first-order valence-corrected chi connectivity index (χ1v) is 4.13. The molecule has 0 fully saturated rings. The number of aromatic amines is 2. The molecule has 0 aliphatic rings. The van der Waals surface area contributed by atoms with E-state index in [-0.39, 0.29) is 5.56 Å². The van der Waals surface area contributed by atoms with Crippen molar-refractivity contribution in [2.24, 2.45) is 0 Å². The highest BCUT2D eigenvalue weighted by molar-refractivity contribution is 5.69. The molecule has 0 bridgehead atoms. The van der Waals surface area contributed by atoms with Gasteiger partial charge in [0.05, 0.1) is 6.33 Å². The van der Waals surface area contributed by atoms with E-state index in [4.69, 9.17) is 0 Å². The number of H-pyrrole nitrogens is 2. The molecule has 3 heterocycles. The van der Waals surface area contributed by atoms with E-state index >= 15 is 0 Å². The van der Waals surface area contributed by atoms with Crippen LogP contribution in [0.3, 0.4) is 0 Å². The number of rotatable bonds is 1. The van der Waals surface area contributed by atoms with Gasteiger partial charge in [0.1, 0.15) is 12.7 Å². The fourth-order valence-corrected chi connectivity index (χ4v) is 1.25. The summed E-state index contributed by atoms with van der Waals surface area (Å²) in [5.41, 5.74) is 0.408. The molecule has 0 unspecified atom stereocenters. The zero-order valence-corrected chi connectivity index (χ0v) is 7.38. The average molecular weight is 203 g/mol. The highest BCUT2D eigenvalue weighted by Crippen LogP contribution is 2.04. The standard InChI is InChI=1S/C7H5N7O/c15-6-4-5(9-2-10-6)13-7(12-4)14-3-8-1-11-14/h1-3H,(H2,9,10,12,13,15). The Kier molecular flexibility index (Phi) is 1.43. The van der Waals surface area contributed by atoms with Gasteiger partial charge in [-0.05, 0) is 0 Å². The zero-order valence-electron chi connectivity index (χ0n) is 7.38. The lowest BCUT2D eigenvalue weighted by Crippen LogP contribution is -2.05. The number of aromatic nitrogens is 7. The molecule has 0 aliphatic heterocycles. The minimum Gasteiger partial charge on any atom is -0.316 e. The number of nitrogens with one attached hydrogen (secondary N) is 2. The van der Waals surface area contributed by atoms with Crippen LogP contribution in [0.25, 0.3) is 17.1 Å². The van der Waals surface area contributed by atoms with Crippen LogP contribution in [-0.4, -0.2) is 34.7 Å². The Morgan fingerprint density at radius 2 is 2.33 bits per heavy atom. The van der Waals surface area contributed by atoms with Gasteiger partial charge in [0.2, 0.25) is 5.95 Å². The van der Waals surface area contributed by atoms with Crippen LogP contribution in [0.5, 0.6) is 0 Å². The van der Waals surface area contributed by atoms with Gasteiger partial charge in [-0.1, -0.05) is 0 Å². The molecule has 8 nitrogen and oxygen atoms in total. The van der Waals surface area contributed by atoms with Crippen LogP contribution in [0.15, 0.2) is 23.8 Å². The van der Waals surface area contributed by atoms with Crippen LogP contribution in [0.1, 0.15) is 0 Å². The van der Waals surface area contributed by atoms with Crippen molar-refractivity contribution in [2.45, 2.75) is 0 Å². The molecular formula is C7H5N7O. The van der Waals surface area contributed by atoms with Crippen LogP contribution in [0.4, 0.5) is 0 Å². The predicted octanol–water partition coefficient (Wildman–Crippen LogP) is -0.773. The topological polar surface area (TPSA) is 105 Å². The van der Waals surface area contributed by atoms with Crippen LogP contribution in [-0.2, 0) is 0 Å². The molecule has 0 amide bonds. The summed E-state index contributed by atoms with van der Waals surface area (Å²) < 4.78 is 1.42. The molecule has 0 radical (unpaired) electrons. The first-order valence-electron chi connectivity index (χ1n) is 4.13. The maximum absolute atomic E-state index is 11.3. The largest absolute Gasteiger partial charge is 0.316 e. The summed E-state index contributed by atoms with van der Waals surface area (Å²) in [6.07, 6.45) is 4.16. The molecule has 0 saturated heterocycles.